The van der Waals surface area contributed by atoms with Gasteiger partial charge in [0.05, 0.1) is 16.6 Å². The van der Waals surface area contributed by atoms with Crippen LogP contribution < -0.4 is 0 Å². The molecule has 0 spiro atoms. The summed E-state index contributed by atoms with van der Waals surface area (Å²) in [7, 11) is 0. The molecule has 0 radical (unpaired) electrons. The molecule has 7 aromatic carbocycles. The van der Waals surface area contributed by atoms with Gasteiger partial charge in [-0.1, -0.05) is 140 Å². The maximum Gasteiger partial charge on any atom is 0.164 e. The Morgan fingerprint density at radius 2 is 0.885 bits per heavy atom. The minimum Gasteiger partial charge on any atom is -0.316 e. The van der Waals surface area contributed by atoms with E-state index in [1.807, 2.05) is 60.7 Å². The number of benzene rings is 7. The second kappa shape index (κ2) is 12.3. The fraction of sp³-hybridized carbons (Fsp3) is 0. The van der Waals surface area contributed by atoms with Gasteiger partial charge in [0.15, 0.2) is 17.5 Å². The van der Waals surface area contributed by atoms with E-state index in [0.29, 0.717) is 17.5 Å². The van der Waals surface area contributed by atoms with E-state index in [0.717, 1.165) is 39.1 Å². The molecule has 0 unspecified atom stereocenters. The average molecular weight is 666 g/mol. The first-order chi connectivity index (χ1) is 25.8. The number of para-hydroxylation sites is 1. The normalized spacial score (nSPS) is 11.5. The zero-order valence-corrected chi connectivity index (χ0v) is 28.1. The molecule has 52 heavy (non-hydrogen) atoms. The van der Waals surface area contributed by atoms with Crippen LogP contribution in [0.5, 0.6) is 0 Å². The first kappa shape index (κ1) is 29.8. The lowest BCUT2D eigenvalue weighted by Crippen LogP contribution is -2.01. The minimum atomic E-state index is 0.630. The van der Waals surface area contributed by atoms with Gasteiger partial charge in [0.25, 0.3) is 0 Å². The molecule has 0 N–H and O–H groups in total. The molecular formula is C47H31N5. The molecule has 244 valence electrons. The summed E-state index contributed by atoms with van der Waals surface area (Å²) in [6.07, 6.45) is 2.18. The molecule has 3 aromatic heterocycles. The number of hydrogen-bond donors (Lipinski definition) is 0. The van der Waals surface area contributed by atoms with E-state index in [4.69, 9.17) is 15.0 Å². The lowest BCUT2D eigenvalue weighted by atomic mass is 10.1. The van der Waals surface area contributed by atoms with Crippen LogP contribution in [0.2, 0.25) is 0 Å². The lowest BCUT2D eigenvalue weighted by Gasteiger charge is -2.12. The predicted octanol–water partition coefficient (Wildman–Crippen LogP) is 11.6. The van der Waals surface area contributed by atoms with Crippen molar-refractivity contribution in [1.29, 1.82) is 0 Å². The molecule has 0 fully saturated rings. The number of fused-ring (bicyclic) bond motifs is 5. The molecule has 0 amide bonds. The SMILES string of the molecule is c1ccc(-c2ccc(-n3ccc4c3ccc3c5ccccc5n(-c5cccc(-c6nc(-c7ccccc7)nc(-c7ccccc7)n6)c5)c34)cc2)cc1. The highest BCUT2D eigenvalue weighted by atomic mass is 15.0. The standard InChI is InChI=1S/C47H31N5/c1-4-13-32(14-5-1)33-23-25-37(26-24-33)51-30-29-41-42(51)28-27-40-39-21-10-11-22-43(39)52(44(40)41)38-20-12-19-36(31-38)47-49-45(34-15-6-2-7-16-34)48-46(50-47)35-17-8-3-9-18-35/h1-31H. The first-order valence-electron chi connectivity index (χ1n) is 17.5. The van der Waals surface area contributed by atoms with Crippen molar-refractivity contribution in [1.82, 2.24) is 24.1 Å². The van der Waals surface area contributed by atoms with Crippen molar-refractivity contribution in [3.63, 3.8) is 0 Å². The fourth-order valence-electron chi connectivity index (χ4n) is 7.34. The Kier molecular flexibility index (Phi) is 7.07. The summed E-state index contributed by atoms with van der Waals surface area (Å²) in [5.74, 6) is 1.92. The van der Waals surface area contributed by atoms with Gasteiger partial charge in [-0.25, -0.2) is 15.0 Å². The molecule has 0 bridgehead atoms. The van der Waals surface area contributed by atoms with Crippen LogP contribution in [0.15, 0.2) is 188 Å². The van der Waals surface area contributed by atoms with E-state index < -0.39 is 0 Å². The molecule has 5 nitrogen and oxygen atoms in total. The minimum absolute atomic E-state index is 0.630. The highest BCUT2D eigenvalue weighted by molar-refractivity contribution is 6.18. The fourth-order valence-corrected chi connectivity index (χ4v) is 7.34. The van der Waals surface area contributed by atoms with Gasteiger partial charge in [0, 0.05) is 50.4 Å². The Bertz CT molecular complexity index is 2810. The number of aromatic nitrogens is 5. The van der Waals surface area contributed by atoms with Crippen molar-refractivity contribution in [2.24, 2.45) is 0 Å². The Morgan fingerprint density at radius 1 is 0.327 bits per heavy atom. The lowest BCUT2D eigenvalue weighted by molar-refractivity contribution is 1.07. The maximum atomic E-state index is 5.02. The van der Waals surface area contributed by atoms with Crippen LogP contribution in [0.25, 0.3) is 89.4 Å². The number of nitrogens with zero attached hydrogens (tertiary/aromatic N) is 5. The summed E-state index contributed by atoms with van der Waals surface area (Å²) in [6.45, 7) is 0. The smallest absolute Gasteiger partial charge is 0.164 e. The van der Waals surface area contributed by atoms with E-state index in [-0.39, 0.29) is 0 Å². The number of hydrogen-bond acceptors (Lipinski definition) is 3. The van der Waals surface area contributed by atoms with Gasteiger partial charge in [-0.15, -0.1) is 0 Å². The van der Waals surface area contributed by atoms with Crippen molar-refractivity contribution in [3.05, 3.63) is 188 Å². The highest BCUT2D eigenvalue weighted by Gasteiger charge is 2.18. The molecule has 0 saturated heterocycles. The summed E-state index contributed by atoms with van der Waals surface area (Å²) < 4.78 is 4.67. The molecule has 0 aliphatic carbocycles. The third kappa shape index (κ3) is 5.07. The van der Waals surface area contributed by atoms with Crippen LogP contribution in [0.3, 0.4) is 0 Å². The van der Waals surface area contributed by atoms with Crippen LogP contribution in [0.4, 0.5) is 0 Å². The second-order valence-corrected chi connectivity index (χ2v) is 12.9. The van der Waals surface area contributed by atoms with E-state index in [2.05, 4.69) is 137 Å². The molecule has 10 rings (SSSR count). The third-order valence-electron chi connectivity index (χ3n) is 9.82. The van der Waals surface area contributed by atoms with E-state index >= 15 is 0 Å². The Balaban J connectivity index is 1.14. The molecule has 0 aliphatic heterocycles. The second-order valence-electron chi connectivity index (χ2n) is 12.9. The largest absolute Gasteiger partial charge is 0.316 e. The summed E-state index contributed by atoms with van der Waals surface area (Å²) in [5.41, 5.74) is 10.9. The van der Waals surface area contributed by atoms with Crippen LogP contribution in [-0.4, -0.2) is 24.1 Å². The van der Waals surface area contributed by atoms with Gasteiger partial charge in [0.1, 0.15) is 0 Å². The monoisotopic (exact) mass is 665 g/mol. The predicted molar refractivity (Wildman–Crippen MR) is 213 cm³/mol. The van der Waals surface area contributed by atoms with Gasteiger partial charge in [-0.2, -0.15) is 0 Å². The van der Waals surface area contributed by atoms with Crippen LogP contribution in [0.1, 0.15) is 0 Å². The van der Waals surface area contributed by atoms with Crippen molar-refractivity contribution in [2.75, 3.05) is 0 Å². The molecule has 0 aliphatic rings. The van der Waals surface area contributed by atoms with Gasteiger partial charge in [0.2, 0.25) is 0 Å². The third-order valence-corrected chi connectivity index (χ3v) is 9.82. The van der Waals surface area contributed by atoms with Gasteiger partial charge in [-0.05, 0) is 53.6 Å². The van der Waals surface area contributed by atoms with Gasteiger partial charge < -0.3 is 9.13 Å². The molecule has 10 aromatic rings. The molecule has 0 atom stereocenters. The number of rotatable bonds is 6. The maximum absolute atomic E-state index is 5.02. The quantitative estimate of drug-likeness (QED) is 0.178. The summed E-state index contributed by atoms with van der Waals surface area (Å²) in [6, 6.07) is 63.5. The van der Waals surface area contributed by atoms with E-state index in [1.54, 1.807) is 0 Å². The van der Waals surface area contributed by atoms with E-state index in [1.165, 1.54) is 32.8 Å². The van der Waals surface area contributed by atoms with Crippen molar-refractivity contribution in [3.8, 4) is 56.7 Å². The van der Waals surface area contributed by atoms with Crippen molar-refractivity contribution >= 4 is 32.7 Å². The summed E-state index contributed by atoms with van der Waals surface area (Å²) >= 11 is 0. The van der Waals surface area contributed by atoms with Crippen LogP contribution in [0, 0.1) is 0 Å². The first-order valence-corrected chi connectivity index (χ1v) is 17.5. The van der Waals surface area contributed by atoms with E-state index in [9.17, 15) is 0 Å². The average Bonchev–Trinajstić information content (AvgIpc) is 3.81. The Morgan fingerprint density at radius 3 is 1.56 bits per heavy atom. The topological polar surface area (TPSA) is 48.5 Å². The summed E-state index contributed by atoms with van der Waals surface area (Å²) in [5, 5.41) is 3.61. The zero-order valence-electron chi connectivity index (χ0n) is 28.1. The molecule has 5 heteroatoms. The van der Waals surface area contributed by atoms with Crippen LogP contribution in [-0.2, 0) is 0 Å². The zero-order chi connectivity index (χ0) is 34.4. The molecule has 3 heterocycles. The highest BCUT2D eigenvalue weighted by Crippen LogP contribution is 2.38. The van der Waals surface area contributed by atoms with Crippen LogP contribution >= 0.6 is 0 Å². The van der Waals surface area contributed by atoms with Crippen molar-refractivity contribution in [2.45, 2.75) is 0 Å². The molecular weight excluding hydrogens is 635 g/mol. The Labute approximate surface area is 300 Å². The van der Waals surface area contributed by atoms with Crippen molar-refractivity contribution < 1.29 is 0 Å². The molecule has 0 saturated carbocycles. The Hall–Kier alpha value is -7.11. The van der Waals surface area contributed by atoms with Gasteiger partial charge >= 0.3 is 0 Å². The van der Waals surface area contributed by atoms with Gasteiger partial charge in [-0.3, -0.25) is 0 Å². The summed E-state index contributed by atoms with van der Waals surface area (Å²) in [4.78, 5) is 15.0.